The van der Waals surface area contributed by atoms with Crippen molar-refractivity contribution in [3.63, 3.8) is 0 Å². The Morgan fingerprint density at radius 1 is 1.60 bits per heavy atom. The highest BCUT2D eigenvalue weighted by Gasteiger charge is 2.04. The van der Waals surface area contributed by atoms with Crippen molar-refractivity contribution >= 4 is 22.6 Å². The maximum atomic E-state index is 4.36. The van der Waals surface area contributed by atoms with Gasteiger partial charge in [-0.15, -0.1) is 0 Å². The van der Waals surface area contributed by atoms with Gasteiger partial charge in [0.1, 0.15) is 0 Å². The van der Waals surface area contributed by atoms with E-state index in [1.165, 1.54) is 5.69 Å². The third-order valence-electron chi connectivity index (χ3n) is 1.43. The summed E-state index contributed by atoms with van der Waals surface area (Å²) in [6, 6.07) is 0. The minimum atomic E-state index is 0.537. The number of nitrogens with zero attached hydrogens (tertiary/aromatic N) is 2. The van der Waals surface area contributed by atoms with Crippen LogP contribution in [0.15, 0.2) is 6.20 Å². The highest BCUT2D eigenvalue weighted by Crippen LogP contribution is 2.13. The van der Waals surface area contributed by atoms with Crippen LogP contribution in [0, 0.1) is 3.83 Å². The average Bonchev–Trinajstić information content (AvgIpc) is 2.13. The van der Waals surface area contributed by atoms with Gasteiger partial charge in [-0.05, 0) is 28.5 Å². The summed E-state index contributed by atoms with van der Waals surface area (Å²) in [6.07, 6.45) is 2.08. The van der Waals surface area contributed by atoms with Gasteiger partial charge in [-0.3, -0.25) is 0 Å². The Hall–Kier alpha value is -0.0600. The molecule has 0 radical (unpaired) electrons. The molecule has 56 valence electrons. The quantitative estimate of drug-likeness (QED) is 0.698. The predicted octanol–water partition coefficient (Wildman–Crippen LogP) is 2.15. The molecule has 1 rings (SSSR count). The first kappa shape index (κ1) is 8.04. The molecule has 0 bridgehead atoms. The van der Waals surface area contributed by atoms with Gasteiger partial charge in [0, 0.05) is 13.2 Å². The molecule has 1 heterocycles. The van der Waals surface area contributed by atoms with E-state index < -0.39 is 0 Å². The molecule has 0 aliphatic carbocycles. The van der Waals surface area contributed by atoms with Crippen LogP contribution in [0.4, 0.5) is 0 Å². The molecular weight excluding hydrogens is 239 g/mol. The van der Waals surface area contributed by atoms with Crippen molar-refractivity contribution in [2.75, 3.05) is 0 Å². The monoisotopic (exact) mass is 250 g/mol. The molecule has 0 saturated carbocycles. The van der Waals surface area contributed by atoms with E-state index in [0.29, 0.717) is 5.92 Å². The normalized spacial score (nSPS) is 10.9. The van der Waals surface area contributed by atoms with Crippen molar-refractivity contribution in [1.82, 2.24) is 9.55 Å². The Labute approximate surface area is 74.8 Å². The first-order valence-electron chi connectivity index (χ1n) is 3.30. The molecule has 0 aromatic carbocycles. The second kappa shape index (κ2) is 2.90. The molecule has 3 heteroatoms. The van der Waals surface area contributed by atoms with Gasteiger partial charge in [0.25, 0.3) is 0 Å². The molecule has 0 saturated heterocycles. The highest BCUT2D eigenvalue weighted by molar-refractivity contribution is 14.1. The molecule has 0 amide bonds. The van der Waals surface area contributed by atoms with Gasteiger partial charge in [-0.1, -0.05) is 13.8 Å². The second-order valence-electron chi connectivity index (χ2n) is 2.70. The van der Waals surface area contributed by atoms with Crippen LogP contribution in [0.3, 0.4) is 0 Å². The minimum Gasteiger partial charge on any atom is -0.329 e. The lowest BCUT2D eigenvalue weighted by Crippen LogP contribution is -1.86. The summed E-state index contributed by atoms with van der Waals surface area (Å²) in [7, 11) is 2.01. The lowest BCUT2D eigenvalue weighted by atomic mass is 10.2. The summed E-state index contributed by atoms with van der Waals surface area (Å²) in [5, 5.41) is 0. The lowest BCUT2D eigenvalue weighted by molar-refractivity contribution is 0.828. The molecule has 2 nitrogen and oxygen atoms in total. The number of aromatic nitrogens is 2. The molecule has 10 heavy (non-hydrogen) atoms. The van der Waals surface area contributed by atoms with E-state index in [9.17, 15) is 0 Å². The maximum Gasteiger partial charge on any atom is 0.171 e. The first-order valence-corrected chi connectivity index (χ1v) is 4.38. The molecule has 0 aliphatic rings. The molecule has 0 N–H and O–H groups in total. The average molecular weight is 250 g/mol. The van der Waals surface area contributed by atoms with E-state index in [2.05, 4.69) is 47.6 Å². The summed E-state index contributed by atoms with van der Waals surface area (Å²) in [6.45, 7) is 4.30. The molecule has 0 atom stereocenters. The zero-order valence-corrected chi connectivity index (χ0v) is 8.58. The van der Waals surface area contributed by atoms with E-state index in [1.807, 2.05) is 11.6 Å². The fourth-order valence-corrected chi connectivity index (χ4v) is 1.16. The van der Waals surface area contributed by atoms with Crippen LogP contribution in [0.5, 0.6) is 0 Å². The maximum absolute atomic E-state index is 4.36. The molecule has 1 aromatic rings. The number of imidazole rings is 1. The molecule has 0 unspecified atom stereocenters. The smallest absolute Gasteiger partial charge is 0.171 e. The van der Waals surface area contributed by atoms with Gasteiger partial charge in [0.15, 0.2) is 3.83 Å². The Balaban J connectivity index is 2.98. The van der Waals surface area contributed by atoms with Gasteiger partial charge >= 0.3 is 0 Å². The summed E-state index contributed by atoms with van der Waals surface area (Å²) in [4.78, 5) is 4.36. The Morgan fingerprint density at radius 2 is 2.20 bits per heavy atom. The van der Waals surface area contributed by atoms with Crippen LogP contribution in [0.2, 0.25) is 0 Å². The molecule has 1 aromatic heterocycles. The van der Waals surface area contributed by atoms with Crippen LogP contribution in [0.1, 0.15) is 25.5 Å². The van der Waals surface area contributed by atoms with Gasteiger partial charge in [-0.25, -0.2) is 4.98 Å². The third-order valence-corrected chi connectivity index (χ3v) is 2.43. The zero-order chi connectivity index (χ0) is 7.72. The molecule has 0 spiro atoms. The van der Waals surface area contributed by atoms with Crippen LogP contribution in [0.25, 0.3) is 0 Å². The van der Waals surface area contributed by atoms with E-state index in [0.717, 1.165) is 3.83 Å². The molecular formula is C7H11IN2. The Kier molecular flexibility index (Phi) is 2.33. The van der Waals surface area contributed by atoms with Crippen LogP contribution < -0.4 is 0 Å². The SMILES string of the molecule is CC(C)c1cn(C)c(I)n1. The predicted molar refractivity (Wildman–Crippen MR) is 50.0 cm³/mol. The van der Waals surface area contributed by atoms with Crippen LogP contribution in [-0.2, 0) is 7.05 Å². The first-order chi connectivity index (χ1) is 4.61. The van der Waals surface area contributed by atoms with Crippen molar-refractivity contribution in [2.24, 2.45) is 7.05 Å². The third kappa shape index (κ3) is 1.51. The number of halogens is 1. The van der Waals surface area contributed by atoms with Gasteiger partial charge in [0.2, 0.25) is 0 Å². The summed E-state index contributed by atoms with van der Waals surface area (Å²) >= 11 is 2.23. The molecule has 0 aliphatic heterocycles. The Morgan fingerprint density at radius 3 is 2.40 bits per heavy atom. The fourth-order valence-electron chi connectivity index (χ4n) is 0.744. The van der Waals surface area contributed by atoms with Gasteiger partial charge < -0.3 is 4.57 Å². The topological polar surface area (TPSA) is 17.8 Å². The van der Waals surface area contributed by atoms with E-state index in [1.54, 1.807) is 0 Å². The van der Waals surface area contributed by atoms with Crippen molar-refractivity contribution in [3.05, 3.63) is 15.7 Å². The van der Waals surface area contributed by atoms with Crippen molar-refractivity contribution in [2.45, 2.75) is 19.8 Å². The lowest BCUT2D eigenvalue weighted by Gasteiger charge is -1.94. The number of aryl methyl sites for hydroxylation is 1. The van der Waals surface area contributed by atoms with Crippen molar-refractivity contribution in [1.29, 1.82) is 0 Å². The summed E-state index contributed by atoms with van der Waals surface area (Å²) in [5.74, 6) is 0.537. The Bertz CT molecular complexity index is 208. The minimum absolute atomic E-state index is 0.537. The summed E-state index contributed by atoms with van der Waals surface area (Å²) < 4.78 is 3.09. The fraction of sp³-hybridized carbons (Fsp3) is 0.571. The van der Waals surface area contributed by atoms with Crippen molar-refractivity contribution in [3.8, 4) is 0 Å². The van der Waals surface area contributed by atoms with Crippen molar-refractivity contribution < 1.29 is 0 Å². The van der Waals surface area contributed by atoms with E-state index in [-0.39, 0.29) is 0 Å². The second-order valence-corrected chi connectivity index (χ2v) is 3.67. The summed E-state index contributed by atoms with van der Waals surface area (Å²) in [5.41, 5.74) is 1.17. The van der Waals surface area contributed by atoms with Gasteiger partial charge in [0.05, 0.1) is 5.69 Å². The van der Waals surface area contributed by atoms with E-state index >= 15 is 0 Å². The standard InChI is InChI=1S/C7H11IN2/c1-5(2)6-4-10(3)7(8)9-6/h4-5H,1-3H3. The van der Waals surface area contributed by atoms with Gasteiger partial charge in [-0.2, -0.15) is 0 Å². The number of hydrogen-bond donors (Lipinski definition) is 0. The number of rotatable bonds is 1. The zero-order valence-electron chi connectivity index (χ0n) is 6.43. The number of hydrogen-bond acceptors (Lipinski definition) is 1. The van der Waals surface area contributed by atoms with Crippen LogP contribution >= 0.6 is 22.6 Å². The molecule has 0 fully saturated rings. The highest BCUT2D eigenvalue weighted by atomic mass is 127. The largest absolute Gasteiger partial charge is 0.329 e. The van der Waals surface area contributed by atoms with Crippen LogP contribution in [-0.4, -0.2) is 9.55 Å². The van der Waals surface area contributed by atoms with E-state index in [4.69, 9.17) is 0 Å².